The fourth-order valence-electron chi connectivity index (χ4n) is 8.37. The Bertz CT molecular complexity index is 2680. The standard InChI is InChI=1S/C30H19B2N.C20H15N2.Pt/c1-3-12-22(13-4-1)31-24-16-7-9-20-28(24)33-29-21-10-8-17-25(29)32(23-14-5-2-6-15-23)27-19-11-18-26(31)30(27)33;1-16-11-13-18(14-12-16)22-15-21(17-7-3-2-4-8-17)19-9-5-6-10-20(19)22;/h1-19H;2-7,9-14H,1H3;/q-2;-1;+4. The maximum Gasteiger partial charge on any atom is 4.00 e. The Balaban J connectivity index is 0.000000156. The van der Waals surface area contributed by atoms with Crippen molar-refractivity contribution in [2.45, 2.75) is 6.92 Å². The van der Waals surface area contributed by atoms with Crippen molar-refractivity contribution in [1.82, 2.24) is 4.57 Å². The van der Waals surface area contributed by atoms with E-state index in [-0.39, 0.29) is 34.5 Å². The van der Waals surface area contributed by atoms with E-state index in [2.05, 4.69) is 197 Å². The minimum atomic E-state index is 0. The molecule has 3 heterocycles. The second-order valence-corrected chi connectivity index (χ2v) is 14.1. The van der Waals surface area contributed by atoms with Crippen LogP contribution in [0.1, 0.15) is 5.56 Å². The summed E-state index contributed by atoms with van der Waals surface area (Å²) in [4.78, 5) is 2.40. The molecule has 3 nitrogen and oxygen atoms in total. The van der Waals surface area contributed by atoms with Crippen LogP contribution in [0.5, 0.6) is 0 Å². The van der Waals surface area contributed by atoms with Gasteiger partial charge >= 0.3 is 21.1 Å². The number of aryl methyl sites for hydroxylation is 1. The third-order valence-electron chi connectivity index (χ3n) is 10.8. The molecular formula is C50H34B2N3Pt+. The summed E-state index contributed by atoms with van der Waals surface area (Å²) in [7, 11) is 0. The van der Waals surface area contributed by atoms with Crippen LogP contribution in [-0.2, 0) is 21.1 Å². The number of hydrogen-bond donors (Lipinski definition) is 0. The minimum absolute atomic E-state index is 0. The Labute approximate surface area is 344 Å². The fraction of sp³-hybridized carbons (Fsp3) is 0.0200. The summed E-state index contributed by atoms with van der Waals surface area (Å²) in [6, 6.07) is 76.6. The van der Waals surface area contributed by atoms with Crippen LogP contribution in [0.15, 0.2) is 188 Å². The van der Waals surface area contributed by atoms with Crippen LogP contribution >= 0.6 is 0 Å². The molecule has 0 spiro atoms. The number of para-hydroxylation sites is 6. The van der Waals surface area contributed by atoms with Crippen molar-refractivity contribution in [3.8, 4) is 11.4 Å². The summed E-state index contributed by atoms with van der Waals surface area (Å²) in [5, 5.41) is 0. The second kappa shape index (κ2) is 15.2. The second-order valence-electron chi connectivity index (χ2n) is 14.1. The number of fused-ring (bicyclic) bond motifs is 5. The molecule has 0 aliphatic carbocycles. The van der Waals surface area contributed by atoms with E-state index in [1.807, 2.05) is 36.4 Å². The van der Waals surface area contributed by atoms with Crippen molar-refractivity contribution in [2.24, 2.45) is 0 Å². The summed E-state index contributed by atoms with van der Waals surface area (Å²) >= 11 is 0. The van der Waals surface area contributed by atoms with E-state index in [0.29, 0.717) is 0 Å². The predicted octanol–water partition coefficient (Wildman–Crippen LogP) is 6.23. The zero-order valence-corrected chi connectivity index (χ0v) is 33.0. The average molecular weight is 894 g/mol. The molecule has 0 radical (unpaired) electrons. The van der Waals surface area contributed by atoms with E-state index in [9.17, 15) is 0 Å². The molecule has 2 aliphatic rings. The van der Waals surface area contributed by atoms with E-state index in [4.69, 9.17) is 0 Å². The molecule has 0 saturated carbocycles. The number of nitrogens with zero attached hydrogens (tertiary/aromatic N) is 3. The summed E-state index contributed by atoms with van der Waals surface area (Å²) in [6.07, 6.45) is 3.44. The van der Waals surface area contributed by atoms with Gasteiger partial charge in [0.25, 0.3) is 6.33 Å². The molecule has 0 unspecified atom stereocenters. The summed E-state index contributed by atoms with van der Waals surface area (Å²) in [6.45, 7) is 2.44. The molecule has 1 aromatic heterocycles. The van der Waals surface area contributed by atoms with Gasteiger partial charge in [0.15, 0.2) is 13.4 Å². The number of hydrogen-bond acceptors (Lipinski definition) is 1. The first kappa shape index (κ1) is 35.5. The Kier molecular flexibility index (Phi) is 9.63. The Morgan fingerprint density at radius 1 is 0.482 bits per heavy atom. The predicted molar refractivity (Wildman–Crippen MR) is 228 cm³/mol. The van der Waals surface area contributed by atoms with Gasteiger partial charge in [0, 0.05) is 5.69 Å². The molecule has 0 bridgehead atoms. The normalized spacial score (nSPS) is 12.1. The molecule has 0 amide bonds. The van der Waals surface area contributed by atoms with Gasteiger partial charge in [-0.15, -0.1) is 10.9 Å². The van der Waals surface area contributed by atoms with E-state index in [0.717, 1.165) is 33.8 Å². The molecule has 9 aromatic rings. The third-order valence-corrected chi connectivity index (χ3v) is 10.8. The van der Waals surface area contributed by atoms with Crippen LogP contribution < -0.4 is 42.2 Å². The smallest absolute Gasteiger partial charge is 0.360 e. The zero-order chi connectivity index (χ0) is 36.7. The van der Waals surface area contributed by atoms with E-state index >= 15 is 0 Å². The van der Waals surface area contributed by atoms with Crippen LogP contribution in [-0.4, -0.2) is 18.0 Å². The number of anilines is 3. The quantitative estimate of drug-likeness (QED) is 0.116. The van der Waals surface area contributed by atoms with E-state index in [1.165, 1.54) is 44.0 Å². The van der Waals surface area contributed by atoms with Gasteiger partial charge in [0.2, 0.25) is 0 Å². The van der Waals surface area contributed by atoms with Gasteiger partial charge in [0.05, 0.1) is 16.7 Å². The van der Waals surface area contributed by atoms with Gasteiger partial charge in [-0.25, -0.2) is 0 Å². The van der Waals surface area contributed by atoms with Crippen molar-refractivity contribution in [3.05, 3.63) is 218 Å². The van der Waals surface area contributed by atoms with E-state index in [1.54, 1.807) is 0 Å². The van der Waals surface area contributed by atoms with Crippen molar-refractivity contribution in [2.75, 3.05) is 4.90 Å². The topological polar surface area (TPSA) is 12.0 Å². The molecule has 56 heavy (non-hydrogen) atoms. The van der Waals surface area contributed by atoms with Crippen LogP contribution in [0.25, 0.3) is 22.4 Å². The Hall–Kier alpha value is -6.15. The first-order valence-electron chi connectivity index (χ1n) is 18.8. The van der Waals surface area contributed by atoms with Crippen LogP contribution in [0.3, 0.4) is 0 Å². The maximum absolute atomic E-state index is 3.59. The van der Waals surface area contributed by atoms with Crippen LogP contribution in [0.4, 0.5) is 17.1 Å². The molecule has 6 heteroatoms. The van der Waals surface area contributed by atoms with Gasteiger partial charge in [0.1, 0.15) is 0 Å². The van der Waals surface area contributed by atoms with Crippen molar-refractivity contribution < 1.29 is 25.6 Å². The van der Waals surface area contributed by atoms with Gasteiger partial charge in [-0.1, -0.05) is 154 Å². The Morgan fingerprint density at radius 2 is 1.02 bits per heavy atom. The van der Waals surface area contributed by atoms with Crippen molar-refractivity contribution in [1.29, 1.82) is 0 Å². The molecule has 2 aliphatic heterocycles. The maximum atomic E-state index is 3.59. The number of benzene rings is 8. The van der Waals surface area contributed by atoms with Crippen molar-refractivity contribution in [3.63, 3.8) is 0 Å². The first-order chi connectivity index (χ1) is 27.2. The van der Waals surface area contributed by atoms with Crippen LogP contribution in [0, 0.1) is 31.5 Å². The monoisotopic (exact) mass is 893 g/mol. The van der Waals surface area contributed by atoms with Crippen LogP contribution in [0.2, 0.25) is 0 Å². The fourth-order valence-corrected chi connectivity index (χ4v) is 8.37. The molecule has 0 atom stereocenters. The largest absolute Gasteiger partial charge is 4.00 e. The van der Waals surface area contributed by atoms with Gasteiger partial charge < -0.3 is 9.47 Å². The third kappa shape index (κ3) is 6.13. The van der Waals surface area contributed by atoms with Crippen molar-refractivity contribution >= 4 is 74.3 Å². The average Bonchev–Trinajstić information content (AvgIpc) is 3.65. The molecule has 0 saturated heterocycles. The van der Waals surface area contributed by atoms with E-state index < -0.39 is 0 Å². The molecular weight excluding hydrogens is 859 g/mol. The SMILES string of the molecule is Cc1ccc(-[n+]2[c-]n(-c3[c-]cccc3)c3ccccc32)cc1.[Pt+4].[c-]1cccc2c1N1c3[c-]cccc3B(c3ccccc3)c3cccc(c31)B2c1ccccc1. The molecule has 0 fully saturated rings. The summed E-state index contributed by atoms with van der Waals surface area (Å²) in [5.74, 6) is 0. The minimum Gasteiger partial charge on any atom is -0.360 e. The number of aromatic nitrogens is 2. The van der Waals surface area contributed by atoms with Gasteiger partial charge in [-0.05, 0) is 24.7 Å². The van der Waals surface area contributed by atoms with Gasteiger partial charge in [-0.3, -0.25) is 4.57 Å². The molecule has 11 rings (SSSR count). The summed E-state index contributed by atoms with van der Waals surface area (Å²) in [5.41, 5.74) is 17.0. The zero-order valence-electron chi connectivity index (χ0n) is 30.7. The molecule has 264 valence electrons. The van der Waals surface area contributed by atoms with Gasteiger partial charge in [-0.2, -0.15) is 78.9 Å². The Morgan fingerprint density at radius 3 is 1.61 bits per heavy atom. The number of rotatable bonds is 4. The summed E-state index contributed by atoms with van der Waals surface area (Å²) < 4.78 is 4.14. The first-order valence-corrected chi connectivity index (χ1v) is 18.8. The number of imidazole rings is 1. The molecule has 8 aromatic carbocycles. The molecule has 0 N–H and O–H groups in total.